The zero-order chi connectivity index (χ0) is 12.4. The van der Waals surface area contributed by atoms with Crippen molar-refractivity contribution >= 4 is 11.0 Å². The largest absolute Gasteiger partial charge is 0.494 e. The van der Waals surface area contributed by atoms with Crippen molar-refractivity contribution in [2.24, 2.45) is 0 Å². The highest BCUT2D eigenvalue weighted by Gasteiger charge is 2.03. The monoisotopic (exact) mass is 238 g/mol. The van der Waals surface area contributed by atoms with Crippen LogP contribution in [0.2, 0.25) is 0 Å². The molecule has 0 aliphatic rings. The Morgan fingerprint density at radius 3 is 2.61 bits per heavy atom. The van der Waals surface area contributed by atoms with Gasteiger partial charge in [0.05, 0.1) is 17.6 Å². The van der Waals surface area contributed by atoms with Crippen LogP contribution in [-0.4, -0.2) is 16.2 Å². The molecule has 3 aromatic rings. The lowest BCUT2D eigenvalue weighted by Crippen LogP contribution is -1.94. The van der Waals surface area contributed by atoms with Crippen LogP contribution in [-0.2, 0) is 0 Å². The molecule has 0 unspecified atom stereocenters. The maximum absolute atomic E-state index is 5.44. The van der Waals surface area contributed by atoms with Gasteiger partial charge in [-0.3, -0.25) is 4.57 Å². The molecule has 0 fully saturated rings. The Morgan fingerprint density at radius 2 is 1.83 bits per heavy atom. The quantitative estimate of drug-likeness (QED) is 0.699. The van der Waals surface area contributed by atoms with E-state index >= 15 is 0 Å². The van der Waals surface area contributed by atoms with Crippen molar-refractivity contribution < 1.29 is 4.74 Å². The third-order valence-corrected chi connectivity index (χ3v) is 2.88. The third kappa shape index (κ3) is 1.84. The third-order valence-electron chi connectivity index (χ3n) is 2.88. The molecule has 3 heteroatoms. The molecule has 3 rings (SSSR count). The minimum Gasteiger partial charge on any atom is -0.494 e. The Bertz CT molecular complexity index is 656. The van der Waals surface area contributed by atoms with Gasteiger partial charge in [0.25, 0.3) is 0 Å². The zero-order valence-corrected chi connectivity index (χ0v) is 10.2. The number of nitrogens with zero attached hydrogens (tertiary/aromatic N) is 2. The summed E-state index contributed by atoms with van der Waals surface area (Å²) in [6.07, 6.45) is 1.85. The van der Waals surface area contributed by atoms with Crippen LogP contribution in [0.1, 0.15) is 6.92 Å². The average Bonchev–Trinajstić information content (AvgIpc) is 2.84. The maximum atomic E-state index is 5.44. The molecule has 0 saturated carbocycles. The van der Waals surface area contributed by atoms with Crippen LogP contribution < -0.4 is 4.74 Å². The van der Waals surface area contributed by atoms with E-state index in [2.05, 4.69) is 15.6 Å². The summed E-state index contributed by atoms with van der Waals surface area (Å²) in [5, 5.41) is 0. The molecule has 0 N–H and O–H groups in total. The molecule has 0 spiro atoms. The van der Waals surface area contributed by atoms with E-state index in [1.54, 1.807) is 0 Å². The van der Waals surface area contributed by atoms with Gasteiger partial charge in [0, 0.05) is 5.69 Å². The first-order valence-corrected chi connectivity index (χ1v) is 6.04. The summed E-state index contributed by atoms with van der Waals surface area (Å²) < 4.78 is 7.52. The van der Waals surface area contributed by atoms with E-state index in [0.717, 1.165) is 22.5 Å². The number of ether oxygens (including phenoxy) is 1. The normalized spacial score (nSPS) is 10.7. The summed E-state index contributed by atoms with van der Waals surface area (Å²) in [6.45, 7) is 2.67. The molecule has 0 atom stereocenters. The van der Waals surface area contributed by atoms with Gasteiger partial charge in [0.15, 0.2) is 0 Å². The van der Waals surface area contributed by atoms with Gasteiger partial charge in [-0.15, -0.1) is 0 Å². The lowest BCUT2D eigenvalue weighted by atomic mass is 10.2. The van der Waals surface area contributed by atoms with Crippen molar-refractivity contribution in [3.05, 3.63) is 54.9 Å². The van der Waals surface area contributed by atoms with Gasteiger partial charge in [-0.1, -0.05) is 12.1 Å². The van der Waals surface area contributed by atoms with Crippen LogP contribution in [0.25, 0.3) is 16.7 Å². The first kappa shape index (κ1) is 10.8. The Morgan fingerprint density at radius 1 is 1.06 bits per heavy atom. The number of imidazole rings is 1. The molecule has 18 heavy (non-hydrogen) atoms. The highest BCUT2D eigenvalue weighted by atomic mass is 16.5. The summed E-state index contributed by atoms with van der Waals surface area (Å²) in [7, 11) is 0. The summed E-state index contributed by atoms with van der Waals surface area (Å²) in [5.74, 6) is 0.894. The fraction of sp³-hybridized carbons (Fsp3) is 0.133. The molecule has 2 aromatic carbocycles. The fourth-order valence-electron chi connectivity index (χ4n) is 2.03. The van der Waals surface area contributed by atoms with Crippen molar-refractivity contribution in [1.29, 1.82) is 0 Å². The van der Waals surface area contributed by atoms with Gasteiger partial charge < -0.3 is 4.74 Å². The second kappa shape index (κ2) is 4.53. The first-order valence-electron chi connectivity index (χ1n) is 6.04. The van der Waals surface area contributed by atoms with E-state index < -0.39 is 0 Å². The average molecular weight is 238 g/mol. The molecule has 0 bridgehead atoms. The second-order valence-corrected chi connectivity index (χ2v) is 4.03. The molecule has 90 valence electrons. The number of rotatable bonds is 3. The van der Waals surface area contributed by atoms with Crippen molar-refractivity contribution in [2.75, 3.05) is 6.61 Å². The minimum atomic E-state index is 0.688. The van der Waals surface area contributed by atoms with E-state index in [1.165, 1.54) is 0 Å². The van der Waals surface area contributed by atoms with E-state index in [0.29, 0.717) is 6.61 Å². The van der Waals surface area contributed by atoms with Crippen LogP contribution >= 0.6 is 0 Å². The summed E-state index contributed by atoms with van der Waals surface area (Å²) in [5.41, 5.74) is 3.21. The lowest BCUT2D eigenvalue weighted by molar-refractivity contribution is 0.340. The smallest absolute Gasteiger partial charge is 0.119 e. The standard InChI is InChI=1S/C15H14N2O/c1-2-18-13-9-7-12(8-10-13)17-11-16-14-5-3-4-6-15(14)17/h3-11H,2H2,1H3. The Hall–Kier alpha value is -2.29. The molecule has 0 amide bonds. The zero-order valence-electron chi connectivity index (χ0n) is 10.2. The van der Waals surface area contributed by atoms with Crippen LogP contribution in [0.3, 0.4) is 0 Å². The van der Waals surface area contributed by atoms with Crippen LogP contribution in [0.5, 0.6) is 5.75 Å². The topological polar surface area (TPSA) is 27.1 Å². The molecule has 1 heterocycles. The Balaban J connectivity index is 2.03. The van der Waals surface area contributed by atoms with Gasteiger partial charge >= 0.3 is 0 Å². The van der Waals surface area contributed by atoms with Gasteiger partial charge in [0.2, 0.25) is 0 Å². The molecule has 0 radical (unpaired) electrons. The predicted molar refractivity (Wildman–Crippen MR) is 72.2 cm³/mol. The maximum Gasteiger partial charge on any atom is 0.119 e. The number of benzene rings is 2. The van der Waals surface area contributed by atoms with Crippen LogP contribution in [0.15, 0.2) is 54.9 Å². The Labute approximate surface area is 106 Å². The summed E-state index contributed by atoms with van der Waals surface area (Å²) >= 11 is 0. The van der Waals surface area contributed by atoms with Crippen LogP contribution in [0, 0.1) is 0 Å². The Kier molecular flexibility index (Phi) is 2.73. The predicted octanol–water partition coefficient (Wildman–Crippen LogP) is 3.42. The summed E-state index contributed by atoms with van der Waals surface area (Å²) in [6, 6.07) is 16.1. The van der Waals surface area contributed by atoms with Crippen molar-refractivity contribution in [3.63, 3.8) is 0 Å². The van der Waals surface area contributed by atoms with Crippen LogP contribution in [0.4, 0.5) is 0 Å². The SMILES string of the molecule is CCOc1ccc(-n2cnc3ccccc32)cc1. The molecule has 0 aliphatic heterocycles. The molecule has 3 nitrogen and oxygen atoms in total. The molecule has 0 saturated heterocycles. The minimum absolute atomic E-state index is 0.688. The van der Waals surface area contributed by atoms with Gasteiger partial charge in [-0.05, 0) is 43.3 Å². The van der Waals surface area contributed by atoms with Crippen molar-refractivity contribution in [3.8, 4) is 11.4 Å². The number of hydrogen-bond acceptors (Lipinski definition) is 2. The second-order valence-electron chi connectivity index (χ2n) is 4.03. The van der Waals surface area contributed by atoms with Gasteiger partial charge in [-0.2, -0.15) is 0 Å². The number of hydrogen-bond donors (Lipinski definition) is 0. The number of aromatic nitrogens is 2. The van der Waals surface area contributed by atoms with E-state index in [9.17, 15) is 0 Å². The van der Waals surface area contributed by atoms with E-state index in [1.807, 2.05) is 55.7 Å². The number of fused-ring (bicyclic) bond motifs is 1. The van der Waals surface area contributed by atoms with Gasteiger partial charge in [-0.25, -0.2) is 4.98 Å². The van der Waals surface area contributed by atoms with E-state index in [-0.39, 0.29) is 0 Å². The molecule has 1 aromatic heterocycles. The summed E-state index contributed by atoms with van der Waals surface area (Å²) in [4.78, 5) is 4.39. The highest BCUT2D eigenvalue weighted by molar-refractivity contribution is 5.77. The lowest BCUT2D eigenvalue weighted by Gasteiger charge is -2.06. The molecule has 0 aliphatic carbocycles. The highest BCUT2D eigenvalue weighted by Crippen LogP contribution is 2.20. The molecular formula is C15H14N2O. The van der Waals surface area contributed by atoms with Gasteiger partial charge in [0.1, 0.15) is 12.1 Å². The molecular weight excluding hydrogens is 224 g/mol. The van der Waals surface area contributed by atoms with Crippen molar-refractivity contribution in [2.45, 2.75) is 6.92 Å². The van der Waals surface area contributed by atoms with E-state index in [4.69, 9.17) is 4.74 Å². The fourth-order valence-corrected chi connectivity index (χ4v) is 2.03. The van der Waals surface area contributed by atoms with Crippen molar-refractivity contribution in [1.82, 2.24) is 9.55 Å². The first-order chi connectivity index (χ1) is 8.88. The number of para-hydroxylation sites is 2.